The molecule has 0 aromatic heterocycles. The average molecular weight is 283 g/mol. The summed E-state index contributed by atoms with van der Waals surface area (Å²) in [7, 11) is 0. The van der Waals surface area contributed by atoms with Crippen molar-refractivity contribution < 1.29 is 4.79 Å². The topological polar surface area (TPSA) is 46.3 Å². The van der Waals surface area contributed by atoms with Crippen LogP contribution in [0.15, 0.2) is 30.3 Å². The Morgan fingerprint density at radius 3 is 2.47 bits per heavy atom. The fraction of sp³-hybridized carbons (Fsp3) is 0.533. The summed E-state index contributed by atoms with van der Waals surface area (Å²) in [6.07, 6.45) is 4.48. The molecule has 1 aromatic rings. The lowest BCUT2D eigenvalue weighted by Crippen LogP contribution is -2.42. The number of benzene rings is 1. The monoisotopic (exact) mass is 282 g/mol. The van der Waals surface area contributed by atoms with Gasteiger partial charge < -0.3 is 10.6 Å². The van der Waals surface area contributed by atoms with Crippen molar-refractivity contribution in [3.05, 3.63) is 35.9 Å². The highest BCUT2D eigenvalue weighted by Gasteiger charge is 2.19. The molecule has 2 N–H and O–H groups in total. The van der Waals surface area contributed by atoms with Crippen LogP contribution < -0.4 is 5.73 Å². The predicted octanol–water partition coefficient (Wildman–Crippen LogP) is 2.38. The number of carbonyl (C=O) groups excluding carboxylic acids is 1. The van der Waals surface area contributed by atoms with Crippen LogP contribution in [-0.2, 0) is 11.2 Å². The molecule has 3 nitrogen and oxygen atoms in total. The van der Waals surface area contributed by atoms with Crippen molar-refractivity contribution in [1.29, 1.82) is 0 Å². The van der Waals surface area contributed by atoms with Crippen LogP contribution in [0.5, 0.6) is 0 Å². The van der Waals surface area contributed by atoms with Crippen molar-refractivity contribution in [2.75, 3.05) is 13.1 Å². The minimum atomic E-state index is 0. The van der Waals surface area contributed by atoms with Crippen LogP contribution in [-0.4, -0.2) is 29.9 Å². The lowest BCUT2D eigenvalue weighted by Gasteiger charge is -2.30. The molecule has 1 aliphatic rings. The van der Waals surface area contributed by atoms with E-state index < -0.39 is 0 Å². The molecule has 0 bridgehead atoms. The maximum absolute atomic E-state index is 12.0. The van der Waals surface area contributed by atoms with E-state index in [0.29, 0.717) is 12.5 Å². The molecule has 1 amide bonds. The lowest BCUT2D eigenvalue weighted by atomic mass is 10.0. The van der Waals surface area contributed by atoms with E-state index in [1.165, 1.54) is 5.56 Å². The van der Waals surface area contributed by atoms with E-state index in [-0.39, 0.29) is 18.3 Å². The first kappa shape index (κ1) is 16.0. The summed E-state index contributed by atoms with van der Waals surface area (Å²) in [5.74, 6) is 0.290. The molecule has 0 saturated carbocycles. The standard InChI is InChI=1S/C15H22N2O.ClH/c16-14-9-11-17(12-10-14)15(18)8-4-7-13-5-2-1-3-6-13;/h1-3,5-6,14H,4,7-12,16H2;1H. The van der Waals surface area contributed by atoms with E-state index in [4.69, 9.17) is 5.73 Å². The Hall–Kier alpha value is -1.06. The number of amides is 1. The van der Waals surface area contributed by atoms with Gasteiger partial charge in [0, 0.05) is 25.6 Å². The Morgan fingerprint density at radius 2 is 1.84 bits per heavy atom. The van der Waals surface area contributed by atoms with Gasteiger partial charge in [0.1, 0.15) is 0 Å². The number of nitrogens with two attached hydrogens (primary N) is 1. The molecule has 1 fully saturated rings. The maximum Gasteiger partial charge on any atom is 0.222 e. The first-order valence-corrected chi connectivity index (χ1v) is 6.83. The second-order valence-corrected chi connectivity index (χ2v) is 5.06. The van der Waals surface area contributed by atoms with Crippen LogP contribution >= 0.6 is 12.4 Å². The molecule has 0 spiro atoms. The summed E-state index contributed by atoms with van der Waals surface area (Å²) in [5, 5.41) is 0. The number of aryl methyl sites for hydroxylation is 1. The van der Waals surface area contributed by atoms with E-state index in [0.717, 1.165) is 38.8 Å². The highest BCUT2D eigenvalue weighted by Crippen LogP contribution is 2.11. The largest absolute Gasteiger partial charge is 0.343 e. The first-order valence-electron chi connectivity index (χ1n) is 6.83. The molecule has 2 rings (SSSR count). The van der Waals surface area contributed by atoms with Crippen molar-refractivity contribution in [2.24, 2.45) is 5.73 Å². The number of nitrogens with zero attached hydrogens (tertiary/aromatic N) is 1. The maximum atomic E-state index is 12.0. The van der Waals surface area contributed by atoms with Gasteiger partial charge in [0.25, 0.3) is 0 Å². The van der Waals surface area contributed by atoms with Crippen molar-refractivity contribution >= 4 is 18.3 Å². The third kappa shape index (κ3) is 5.21. The molecular weight excluding hydrogens is 260 g/mol. The van der Waals surface area contributed by atoms with Crippen molar-refractivity contribution in [1.82, 2.24) is 4.90 Å². The average Bonchev–Trinajstić information content (AvgIpc) is 2.40. The molecule has 1 aliphatic heterocycles. The summed E-state index contributed by atoms with van der Waals surface area (Å²) in [6, 6.07) is 10.6. The number of carbonyl (C=O) groups is 1. The van der Waals surface area contributed by atoms with Crippen molar-refractivity contribution in [3.8, 4) is 0 Å². The number of piperidine rings is 1. The Bertz CT molecular complexity index is 375. The van der Waals surface area contributed by atoms with Gasteiger partial charge in [0.15, 0.2) is 0 Å². The van der Waals surface area contributed by atoms with Gasteiger partial charge in [-0.3, -0.25) is 4.79 Å². The van der Waals surface area contributed by atoms with Gasteiger partial charge in [-0.15, -0.1) is 12.4 Å². The molecule has 4 heteroatoms. The summed E-state index contributed by atoms with van der Waals surface area (Å²) in [4.78, 5) is 13.9. The normalized spacial score (nSPS) is 15.9. The zero-order chi connectivity index (χ0) is 12.8. The Balaban J connectivity index is 0.00000180. The minimum absolute atomic E-state index is 0. The summed E-state index contributed by atoms with van der Waals surface area (Å²) in [5.41, 5.74) is 7.15. The van der Waals surface area contributed by atoms with Crippen LogP contribution in [0.3, 0.4) is 0 Å². The van der Waals surface area contributed by atoms with E-state index in [1.807, 2.05) is 23.1 Å². The number of likely N-dealkylation sites (tertiary alicyclic amines) is 1. The fourth-order valence-corrected chi connectivity index (χ4v) is 2.40. The third-order valence-electron chi connectivity index (χ3n) is 3.59. The van der Waals surface area contributed by atoms with E-state index in [2.05, 4.69) is 12.1 Å². The molecule has 1 saturated heterocycles. The van der Waals surface area contributed by atoms with Gasteiger partial charge in [-0.1, -0.05) is 30.3 Å². The van der Waals surface area contributed by atoms with Gasteiger partial charge in [-0.05, 0) is 31.2 Å². The molecule has 1 heterocycles. The molecular formula is C15H23ClN2O. The molecule has 0 unspecified atom stereocenters. The Labute approximate surface area is 121 Å². The van der Waals surface area contributed by atoms with E-state index >= 15 is 0 Å². The SMILES string of the molecule is Cl.NC1CCN(C(=O)CCCc2ccccc2)CC1. The summed E-state index contributed by atoms with van der Waals surface area (Å²) >= 11 is 0. The summed E-state index contributed by atoms with van der Waals surface area (Å²) < 4.78 is 0. The quantitative estimate of drug-likeness (QED) is 0.922. The first-order chi connectivity index (χ1) is 8.75. The van der Waals surface area contributed by atoms with Crippen LogP contribution in [0, 0.1) is 0 Å². The second kappa shape index (κ2) is 8.18. The van der Waals surface area contributed by atoms with Gasteiger partial charge in [-0.25, -0.2) is 0 Å². The predicted molar refractivity (Wildman–Crippen MR) is 80.4 cm³/mol. The highest BCUT2D eigenvalue weighted by molar-refractivity contribution is 5.85. The molecule has 1 aromatic carbocycles. The zero-order valence-electron chi connectivity index (χ0n) is 11.3. The lowest BCUT2D eigenvalue weighted by molar-refractivity contribution is -0.132. The van der Waals surface area contributed by atoms with Crippen LogP contribution in [0.25, 0.3) is 0 Å². The second-order valence-electron chi connectivity index (χ2n) is 5.06. The van der Waals surface area contributed by atoms with Crippen LogP contribution in [0.1, 0.15) is 31.2 Å². The van der Waals surface area contributed by atoms with Gasteiger partial charge in [0.2, 0.25) is 5.91 Å². The zero-order valence-corrected chi connectivity index (χ0v) is 12.1. The smallest absolute Gasteiger partial charge is 0.222 e. The number of halogens is 1. The number of rotatable bonds is 4. The Kier molecular flexibility index (Phi) is 6.89. The van der Waals surface area contributed by atoms with Crippen LogP contribution in [0.4, 0.5) is 0 Å². The van der Waals surface area contributed by atoms with E-state index in [9.17, 15) is 4.79 Å². The number of hydrogen-bond donors (Lipinski definition) is 1. The van der Waals surface area contributed by atoms with Crippen LogP contribution in [0.2, 0.25) is 0 Å². The fourth-order valence-electron chi connectivity index (χ4n) is 2.40. The van der Waals surface area contributed by atoms with Gasteiger partial charge in [-0.2, -0.15) is 0 Å². The molecule has 0 atom stereocenters. The molecule has 106 valence electrons. The number of hydrogen-bond acceptors (Lipinski definition) is 2. The highest BCUT2D eigenvalue weighted by atomic mass is 35.5. The van der Waals surface area contributed by atoms with Crippen molar-refractivity contribution in [3.63, 3.8) is 0 Å². The van der Waals surface area contributed by atoms with Gasteiger partial charge >= 0.3 is 0 Å². The third-order valence-corrected chi connectivity index (χ3v) is 3.59. The molecule has 19 heavy (non-hydrogen) atoms. The van der Waals surface area contributed by atoms with Gasteiger partial charge in [0.05, 0.1) is 0 Å². The molecule has 0 radical (unpaired) electrons. The minimum Gasteiger partial charge on any atom is -0.343 e. The van der Waals surface area contributed by atoms with E-state index in [1.54, 1.807) is 0 Å². The van der Waals surface area contributed by atoms with Crippen molar-refractivity contribution in [2.45, 2.75) is 38.1 Å². The summed E-state index contributed by atoms with van der Waals surface area (Å²) in [6.45, 7) is 1.68. The molecule has 0 aliphatic carbocycles. The Morgan fingerprint density at radius 1 is 1.21 bits per heavy atom.